The highest BCUT2D eigenvalue weighted by molar-refractivity contribution is 5.91. The summed E-state index contributed by atoms with van der Waals surface area (Å²) in [6.45, 7) is 8.66. The van der Waals surface area contributed by atoms with Crippen LogP contribution in [0.25, 0.3) is 10.9 Å². The zero-order valence-electron chi connectivity index (χ0n) is 12.1. The molecule has 1 fully saturated rings. The van der Waals surface area contributed by atoms with Gasteiger partial charge in [0.25, 0.3) is 0 Å². The molecule has 1 aromatic heterocycles. The van der Waals surface area contributed by atoms with E-state index in [0.29, 0.717) is 6.04 Å². The van der Waals surface area contributed by atoms with Gasteiger partial charge in [0.1, 0.15) is 12.1 Å². The summed E-state index contributed by atoms with van der Waals surface area (Å²) in [4.78, 5) is 13.7. The summed E-state index contributed by atoms with van der Waals surface area (Å²) < 4.78 is 0. The lowest BCUT2D eigenvalue weighted by molar-refractivity contribution is 0.199. The smallest absolute Gasteiger partial charge is 0.140 e. The van der Waals surface area contributed by atoms with Crippen LogP contribution in [0.2, 0.25) is 0 Å². The number of nitrogens with zero attached hydrogens (tertiary/aromatic N) is 4. The minimum atomic E-state index is 0.542. The summed E-state index contributed by atoms with van der Waals surface area (Å²) in [7, 11) is 0. The van der Waals surface area contributed by atoms with Gasteiger partial charge in [0, 0.05) is 36.7 Å². The van der Waals surface area contributed by atoms with Crippen molar-refractivity contribution in [1.82, 2.24) is 14.9 Å². The van der Waals surface area contributed by atoms with Crippen LogP contribution in [0.15, 0.2) is 24.5 Å². The minimum absolute atomic E-state index is 0.542. The SMILES string of the molecule is CCN1CCN(c2ncnc3ccc(N)cc23)CC1C. The first kappa shape index (κ1) is 13.1. The number of hydrogen-bond donors (Lipinski definition) is 1. The molecule has 1 aliphatic heterocycles. The maximum Gasteiger partial charge on any atom is 0.140 e. The number of nitrogen functional groups attached to an aromatic ring is 1. The Morgan fingerprint density at radius 2 is 2.15 bits per heavy atom. The maximum absolute atomic E-state index is 5.91. The Labute approximate surface area is 119 Å². The van der Waals surface area contributed by atoms with E-state index in [1.54, 1.807) is 6.33 Å². The van der Waals surface area contributed by atoms with E-state index >= 15 is 0 Å². The van der Waals surface area contributed by atoms with Crippen LogP contribution in [0, 0.1) is 0 Å². The lowest BCUT2D eigenvalue weighted by Crippen LogP contribution is -2.52. The molecule has 1 aliphatic rings. The van der Waals surface area contributed by atoms with Gasteiger partial charge in [-0.15, -0.1) is 0 Å². The molecule has 2 N–H and O–H groups in total. The quantitative estimate of drug-likeness (QED) is 0.843. The predicted octanol–water partition coefficient (Wildman–Crippen LogP) is 1.74. The van der Waals surface area contributed by atoms with Crippen molar-refractivity contribution < 1.29 is 0 Å². The molecule has 0 spiro atoms. The van der Waals surface area contributed by atoms with Crippen molar-refractivity contribution in [3.05, 3.63) is 24.5 Å². The second-order valence-electron chi connectivity index (χ2n) is 5.40. The summed E-state index contributed by atoms with van der Waals surface area (Å²) in [5.41, 5.74) is 7.62. The summed E-state index contributed by atoms with van der Waals surface area (Å²) in [6.07, 6.45) is 1.64. The lowest BCUT2D eigenvalue weighted by atomic mass is 10.1. The fraction of sp³-hybridized carbons (Fsp3) is 0.467. The van der Waals surface area contributed by atoms with E-state index in [2.05, 4.69) is 33.6 Å². The first-order valence-corrected chi connectivity index (χ1v) is 7.18. The van der Waals surface area contributed by atoms with Crippen molar-refractivity contribution >= 4 is 22.4 Å². The lowest BCUT2D eigenvalue weighted by Gasteiger charge is -2.40. The molecule has 1 aromatic carbocycles. The van der Waals surface area contributed by atoms with Crippen molar-refractivity contribution in [1.29, 1.82) is 0 Å². The van der Waals surface area contributed by atoms with Crippen LogP contribution >= 0.6 is 0 Å². The molecule has 0 aliphatic carbocycles. The highest BCUT2D eigenvalue weighted by Crippen LogP contribution is 2.26. The molecule has 0 saturated carbocycles. The summed E-state index contributed by atoms with van der Waals surface area (Å²) in [6, 6.07) is 6.36. The van der Waals surface area contributed by atoms with E-state index in [9.17, 15) is 0 Å². The van der Waals surface area contributed by atoms with Gasteiger partial charge in [-0.25, -0.2) is 9.97 Å². The highest BCUT2D eigenvalue weighted by atomic mass is 15.3. The van der Waals surface area contributed by atoms with Gasteiger partial charge in [-0.1, -0.05) is 6.92 Å². The Balaban J connectivity index is 1.96. The number of piperazine rings is 1. The molecule has 5 nitrogen and oxygen atoms in total. The minimum Gasteiger partial charge on any atom is -0.399 e. The summed E-state index contributed by atoms with van der Waals surface area (Å²) in [5.74, 6) is 1.00. The van der Waals surface area contributed by atoms with Gasteiger partial charge < -0.3 is 10.6 Å². The molecular formula is C15H21N5. The Kier molecular flexibility index (Phi) is 3.44. The van der Waals surface area contributed by atoms with Crippen molar-refractivity contribution in [2.45, 2.75) is 19.9 Å². The van der Waals surface area contributed by atoms with Crippen LogP contribution in [-0.2, 0) is 0 Å². The maximum atomic E-state index is 5.91. The van der Waals surface area contributed by atoms with Crippen LogP contribution < -0.4 is 10.6 Å². The van der Waals surface area contributed by atoms with Gasteiger partial charge >= 0.3 is 0 Å². The van der Waals surface area contributed by atoms with Gasteiger partial charge in [-0.05, 0) is 31.7 Å². The molecule has 0 amide bonds. The molecule has 0 bridgehead atoms. The molecular weight excluding hydrogens is 250 g/mol. The third-order valence-corrected chi connectivity index (χ3v) is 4.11. The summed E-state index contributed by atoms with van der Waals surface area (Å²) in [5, 5.41) is 1.05. The van der Waals surface area contributed by atoms with E-state index in [-0.39, 0.29) is 0 Å². The number of nitrogens with two attached hydrogens (primary N) is 1. The van der Waals surface area contributed by atoms with E-state index < -0.39 is 0 Å². The molecule has 1 saturated heterocycles. The number of anilines is 2. The number of fused-ring (bicyclic) bond motifs is 1. The number of aromatic nitrogens is 2. The Hall–Kier alpha value is -1.88. The van der Waals surface area contributed by atoms with E-state index in [0.717, 1.165) is 48.6 Å². The zero-order valence-corrected chi connectivity index (χ0v) is 12.1. The fourth-order valence-electron chi connectivity index (χ4n) is 2.97. The molecule has 2 heterocycles. The van der Waals surface area contributed by atoms with Crippen molar-refractivity contribution in [3.63, 3.8) is 0 Å². The molecule has 106 valence electrons. The Morgan fingerprint density at radius 3 is 2.90 bits per heavy atom. The molecule has 20 heavy (non-hydrogen) atoms. The molecule has 1 atom stereocenters. The van der Waals surface area contributed by atoms with Crippen molar-refractivity contribution in [3.8, 4) is 0 Å². The van der Waals surface area contributed by atoms with Crippen LogP contribution in [0.3, 0.4) is 0 Å². The van der Waals surface area contributed by atoms with E-state index in [1.165, 1.54) is 0 Å². The van der Waals surface area contributed by atoms with Gasteiger partial charge in [0.05, 0.1) is 5.52 Å². The average molecular weight is 271 g/mol. The van der Waals surface area contributed by atoms with Crippen LogP contribution in [0.4, 0.5) is 11.5 Å². The monoisotopic (exact) mass is 271 g/mol. The van der Waals surface area contributed by atoms with Crippen molar-refractivity contribution in [2.75, 3.05) is 36.8 Å². The average Bonchev–Trinajstić information content (AvgIpc) is 2.46. The van der Waals surface area contributed by atoms with Gasteiger partial charge in [-0.2, -0.15) is 0 Å². The van der Waals surface area contributed by atoms with Crippen LogP contribution in [-0.4, -0.2) is 47.1 Å². The van der Waals surface area contributed by atoms with Gasteiger partial charge in [0.15, 0.2) is 0 Å². The first-order chi connectivity index (χ1) is 9.69. The molecule has 5 heteroatoms. The normalized spacial score (nSPS) is 20.5. The molecule has 1 unspecified atom stereocenters. The number of hydrogen-bond acceptors (Lipinski definition) is 5. The Bertz CT molecular complexity index is 612. The second-order valence-corrected chi connectivity index (χ2v) is 5.40. The second kappa shape index (κ2) is 5.25. The Morgan fingerprint density at radius 1 is 1.30 bits per heavy atom. The topological polar surface area (TPSA) is 58.3 Å². The summed E-state index contributed by atoms with van der Waals surface area (Å²) >= 11 is 0. The van der Waals surface area contributed by atoms with Gasteiger partial charge in [-0.3, -0.25) is 4.90 Å². The number of rotatable bonds is 2. The zero-order chi connectivity index (χ0) is 14.1. The third-order valence-electron chi connectivity index (χ3n) is 4.11. The predicted molar refractivity (Wildman–Crippen MR) is 82.9 cm³/mol. The van der Waals surface area contributed by atoms with E-state index in [4.69, 9.17) is 5.73 Å². The molecule has 2 aromatic rings. The number of likely N-dealkylation sites (N-methyl/N-ethyl adjacent to an activating group) is 1. The van der Waals surface area contributed by atoms with E-state index in [1.807, 2.05) is 18.2 Å². The van der Waals surface area contributed by atoms with Gasteiger partial charge in [0.2, 0.25) is 0 Å². The van der Waals surface area contributed by atoms with Crippen molar-refractivity contribution in [2.24, 2.45) is 0 Å². The highest BCUT2D eigenvalue weighted by Gasteiger charge is 2.24. The standard InChI is InChI=1S/C15H21N5/c1-3-19-6-7-20(9-11(19)2)15-13-8-12(16)4-5-14(13)17-10-18-15/h4-5,8,10-11H,3,6-7,9,16H2,1-2H3. The van der Waals surface area contributed by atoms with Crippen LogP contribution in [0.5, 0.6) is 0 Å². The largest absolute Gasteiger partial charge is 0.399 e. The number of benzene rings is 1. The molecule has 0 radical (unpaired) electrons. The third kappa shape index (κ3) is 2.29. The fourth-order valence-corrected chi connectivity index (χ4v) is 2.97. The first-order valence-electron chi connectivity index (χ1n) is 7.18. The van der Waals surface area contributed by atoms with Crippen LogP contribution in [0.1, 0.15) is 13.8 Å². The molecule has 3 rings (SSSR count).